The summed E-state index contributed by atoms with van der Waals surface area (Å²) in [4.78, 5) is 4.21. The highest BCUT2D eigenvalue weighted by atomic mass is 16.4. The molecule has 0 aromatic carbocycles. The van der Waals surface area contributed by atoms with Crippen LogP contribution in [0.2, 0.25) is 0 Å². The summed E-state index contributed by atoms with van der Waals surface area (Å²) < 4.78 is 5.58. The lowest BCUT2D eigenvalue weighted by Crippen LogP contribution is -2.11. The summed E-state index contributed by atoms with van der Waals surface area (Å²) in [7, 11) is 0. The van der Waals surface area contributed by atoms with Gasteiger partial charge in [0.2, 0.25) is 5.89 Å². The van der Waals surface area contributed by atoms with Crippen molar-refractivity contribution in [2.75, 3.05) is 6.54 Å². The van der Waals surface area contributed by atoms with Crippen molar-refractivity contribution in [3.63, 3.8) is 0 Å². The van der Waals surface area contributed by atoms with Gasteiger partial charge in [-0.15, -0.1) is 0 Å². The quantitative estimate of drug-likeness (QED) is 0.759. The maximum atomic E-state index is 5.58. The molecule has 1 rings (SSSR count). The lowest BCUT2D eigenvalue weighted by Gasteiger charge is -2.03. The second-order valence-electron chi connectivity index (χ2n) is 3.72. The van der Waals surface area contributed by atoms with Gasteiger partial charge in [0.25, 0.3) is 0 Å². The molecule has 1 heterocycles. The van der Waals surface area contributed by atoms with E-state index in [-0.39, 0.29) is 0 Å². The van der Waals surface area contributed by atoms with Gasteiger partial charge in [-0.1, -0.05) is 27.2 Å². The highest BCUT2D eigenvalue weighted by Crippen LogP contribution is 2.12. The summed E-state index contributed by atoms with van der Waals surface area (Å²) in [5, 5.41) is 3.19. The van der Waals surface area contributed by atoms with Gasteiger partial charge in [0, 0.05) is 6.42 Å². The van der Waals surface area contributed by atoms with E-state index in [0.717, 1.165) is 31.2 Å². The zero-order valence-corrected chi connectivity index (χ0v) is 9.34. The second kappa shape index (κ2) is 5.81. The standard InChI is InChI=1S/C11H20N2O/c1-4-9(3)6-10-7-13-11(14-10)8-12-5-2/h7,9,12H,4-6,8H2,1-3H3. The topological polar surface area (TPSA) is 38.1 Å². The van der Waals surface area contributed by atoms with Crippen molar-refractivity contribution >= 4 is 0 Å². The van der Waals surface area contributed by atoms with Gasteiger partial charge in [-0.3, -0.25) is 0 Å². The molecule has 1 unspecified atom stereocenters. The minimum Gasteiger partial charge on any atom is -0.444 e. The van der Waals surface area contributed by atoms with E-state index in [1.54, 1.807) is 0 Å². The highest BCUT2D eigenvalue weighted by Gasteiger charge is 2.06. The average Bonchev–Trinajstić information content (AvgIpc) is 2.62. The summed E-state index contributed by atoms with van der Waals surface area (Å²) in [5.41, 5.74) is 0. The molecule has 80 valence electrons. The zero-order chi connectivity index (χ0) is 10.4. The Kier molecular flexibility index (Phi) is 4.66. The molecule has 14 heavy (non-hydrogen) atoms. The molecular formula is C11H20N2O. The molecule has 1 atom stereocenters. The first-order valence-electron chi connectivity index (χ1n) is 5.40. The van der Waals surface area contributed by atoms with Crippen LogP contribution in [0.5, 0.6) is 0 Å². The van der Waals surface area contributed by atoms with Crippen molar-refractivity contribution < 1.29 is 4.42 Å². The van der Waals surface area contributed by atoms with Gasteiger partial charge in [-0.2, -0.15) is 0 Å². The summed E-state index contributed by atoms with van der Waals surface area (Å²) in [5.74, 6) is 2.48. The molecular weight excluding hydrogens is 176 g/mol. The average molecular weight is 196 g/mol. The van der Waals surface area contributed by atoms with Crippen molar-refractivity contribution in [3.8, 4) is 0 Å². The molecule has 0 aliphatic carbocycles. The molecule has 1 aromatic rings. The van der Waals surface area contributed by atoms with Gasteiger partial charge in [-0.05, 0) is 12.5 Å². The van der Waals surface area contributed by atoms with Crippen LogP contribution >= 0.6 is 0 Å². The van der Waals surface area contributed by atoms with E-state index in [0.29, 0.717) is 5.92 Å². The molecule has 0 spiro atoms. The number of nitrogens with zero attached hydrogens (tertiary/aromatic N) is 1. The van der Waals surface area contributed by atoms with Crippen LogP contribution in [0, 0.1) is 5.92 Å². The van der Waals surface area contributed by atoms with Gasteiger partial charge < -0.3 is 9.73 Å². The lowest BCUT2D eigenvalue weighted by molar-refractivity contribution is 0.409. The van der Waals surface area contributed by atoms with E-state index in [2.05, 4.69) is 31.1 Å². The predicted octanol–water partition coefficient (Wildman–Crippen LogP) is 2.37. The van der Waals surface area contributed by atoms with Crippen LogP contribution in [0.3, 0.4) is 0 Å². The SMILES string of the molecule is CCNCc1ncc(CC(C)CC)o1. The molecule has 3 heteroatoms. The third-order valence-electron chi connectivity index (χ3n) is 2.37. The first kappa shape index (κ1) is 11.2. The van der Waals surface area contributed by atoms with Crippen LogP contribution in [0.4, 0.5) is 0 Å². The zero-order valence-electron chi connectivity index (χ0n) is 9.34. The monoisotopic (exact) mass is 196 g/mol. The number of oxazole rings is 1. The third kappa shape index (κ3) is 3.50. The van der Waals surface area contributed by atoms with Crippen LogP contribution in [-0.2, 0) is 13.0 Å². The Bertz CT molecular complexity index is 258. The van der Waals surface area contributed by atoms with E-state index in [1.807, 2.05) is 6.20 Å². The molecule has 0 amide bonds. The fourth-order valence-electron chi connectivity index (χ4n) is 1.24. The normalized spacial score (nSPS) is 13.1. The van der Waals surface area contributed by atoms with E-state index in [4.69, 9.17) is 4.42 Å². The van der Waals surface area contributed by atoms with E-state index < -0.39 is 0 Å². The first-order chi connectivity index (χ1) is 6.76. The van der Waals surface area contributed by atoms with E-state index in [9.17, 15) is 0 Å². The molecule has 1 aromatic heterocycles. The van der Waals surface area contributed by atoms with Crippen molar-refractivity contribution in [2.45, 2.75) is 40.2 Å². The van der Waals surface area contributed by atoms with Crippen molar-refractivity contribution in [1.82, 2.24) is 10.3 Å². The maximum Gasteiger partial charge on any atom is 0.208 e. The molecule has 0 bridgehead atoms. The molecule has 1 N–H and O–H groups in total. The molecule has 0 saturated carbocycles. The van der Waals surface area contributed by atoms with Crippen LogP contribution in [0.25, 0.3) is 0 Å². The van der Waals surface area contributed by atoms with Gasteiger partial charge in [0.1, 0.15) is 5.76 Å². The Morgan fingerprint density at radius 1 is 1.50 bits per heavy atom. The fourth-order valence-corrected chi connectivity index (χ4v) is 1.24. The predicted molar refractivity (Wildman–Crippen MR) is 57.0 cm³/mol. The smallest absolute Gasteiger partial charge is 0.208 e. The third-order valence-corrected chi connectivity index (χ3v) is 2.37. The Balaban J connectivity index is 2.42. The maximum absolute atomic E-state index is 5.58. The molecule has 0 radical (unpaired) electrons. The number of nitrogens with one attached hydrogen (secondary N) is 1. The van der Waals surface area contributed by atoms with Crippen LogP contribution in [-0.4, -0.2) is 11.5 Å². The Morgan fingerprint density at radius 3 is 2.93 bits per heavy atom. The highest BCUT2D eigenvalue weighted by molar-refractivity contribution is 4.95. The summed E-state index contributed by atoms with van der Waals surface area (Å²) in [6.07, 6.45) is 4.03. The van der Waals surface area contributed by atoms with Gasteiger partial charge in [-0.25, -0.2) is 4.98 Å². The van der Waals surface area contributed by atoms with Crippen LogP contribution < -0.4 is 5.32 Å². The Hall–Kier alpha value is -0.830. The summed E-state index contributed by atoms with van der Waals surface area (Å²) in [6.45, 7) is 8.18. The fraction of sp³-hybridized carbons (Fsp3) is 0.727. The van der Waals surface area contributed by atoms with Crippen molar-refractivity contribution in [2.24, 2.45) is 5.92 Å². The van der Waals surface area contributed by atoms with Gasteiger partial charge >= 0.3 is 0 Å². The van der Waals surface area contributed by atoms with E-state index in [1.165, 1.54) is 6.42 Å². The molecule has 0 fully saturated rings. The first-order valence-corrected chi connectivity index (χ1v) is 5.40. The largest absolute Gasteiger partial charge is 0.444 e. The van der Waals surface area contributed by atoms with Crippen LogP contribution in [0.1, 0.15) is 38.8 Å². The summed E-state index contributed by atoms with van der Waals surface area (Å²) >= 11 is 0. The molecule has 3 nitrogen and oxygen atoms in total. The van der Waals surface area contributed by atoms with Gasteiger partial charge in [0.05, 0.1) is 12.7 Å². The molecule has 0 aliphatic rings. The minimum absolute atomic E-state index is 0.676. The van der Waals surface area contributed by atoms with Crippen molar-refractivity contribution in [1.29, 1.82) is 0 Å². The lowest BCUT2D eigenvalue weighted by atomic mass is 10.0. The minimum atomic E-state index is 0.676. The summed E-state index contributed by atoms with van der Waals surface area (Å²) in [6, 6.07) is 0. The van der Waals surface area contributed by atoms with E-state index >= 15 is 0 Å². The second-order valence-corrected chi connectivity index (χ2v) is 3.72. The Morgan fingerprint density at radius 2 is 2.29 bits per heavy atom. The Labute approximate surface area is 85.9 Å². The number of hydrogen-bond donors (Lipinski definition) is 1. The van der Waals surface area contributed by atoms with Crippen molar-refractivity contribution in [3.05, 3.63) is 17.8 Å². The van der Waals surface area contributed by atoms with Crippen LogP contribution in [0.15, 0.2) is 10.6 Å². The number of rotatable bonds is 6. The molecule has 0 saturated heterocycles. The number of aromatic nitrogens is 1. The number of hydrogen-bond acceptors (Lipinski definition) is 3. The molecule has 0 aliphatic heterocycles. The van der Waals surface area contributed by atoms with Gasteiger partial charge in [0.15, 0.2) is 0 Å².